The standard InChI is InChI=1S/C12H10N4O2/c1-15-9-5-3-2-4-7(9)12(18)16-10(15)6-8(14-16)11(13)17/h2-6H,1H3,(H2,13,17). The number of carbonyl (C=O) groups is 1. The van der Waals surface area contributed by atoms with Crippen molar-refractivity contribution < 1.29 is 4.79 Å². The smallest absolute Gasteiger partial charge is 0.282 e. The molecule has 0 aliphatic carbocycles. The van der Waals surface area contributed by atoms with Crippen molar-refractivity contribution in [2.45, 2.75) is 0 Å². The van der Waals surface area contributed by atoms with Gasteiger partial charge in [0.15, 0.2) is 5.69 Å². The lowest BCUT2D eigenvalue weighted by atomic mass is 10.2. The zero-order chi connectivity index (χ0) is 12.9. The summed E-state index contributed by atoms with van der Waals surface area (Å²) in [5.74, 6) is -0.651. The number of primary amides is 1. The molecular weight excluding hydrogens is 232 g/mol. The molecule has 1 aromatic carbocycles. The van der Waals surface area contributed by atoms with Crippen molar-refractivity contribution in [1.29, 1.82) is 0 Å². The van der Waals surface area contributed by atoms with Crippen LogP contribution < -0.4 is 11.3 Å². The second-order valence-electron chi connectivity index (χ2n) is 4.05. The highest BCUT2D eigenvalue weighted by Crippen LogP contribution is 2.13. The fraction of sp³-hybridized carbons (Fsp3) is 0.0833. The highest BCUT2D eigenvalue weighted by molar-refractivity contribution is 5.92. The third-order valence-corrected chi connectivity index (χ3v) is 2.97. The lowest BCUT2D eigenvalue weighted by Gasteiger charge is -2.06. The molecule has 6 heteroatoms. The molecule has 90 valence electrons. The van der Waals surface area contributed by atoms with Gasteiger partial charge in [0.2, 0.25) is 0 Å². The first kappa shape index (κ1) is 10.5. The van der Waals surface area contributed by atoms with E-state index in [4.69, 9.17) is 5.73 Å². The van der Waals surface area contributed by atoms with E-state index in [0.717, 1.165) is 5.52 Å². The van der Waals surface area contributed by atoms with Gasteiger partial charge < -0.3 is 10.3 Å². The average Bonchev–Trinajstić information content (AvgIpc) is 2.81. The van der Waals surface area contributed by atoms with Crippen molar-refractivity contribution in [3.63, 3.8) is 0 Å². The van der Waals surface area contributed by atoms with Gasteiger partial charge in [-0.2, -0.15) is 9.61 Å². The van der Waals surface area contributed by atoms with Gasteiger partial charge in [0, 0.05) is 13.1 Å². The number of hydrogen-bond donors (Lipinski definition) is 1. The summed E-state index contributed by atoms with van der Waals surface area (Å²) in [5, 5.41) is 4.48. The first-order valence-electron chi connectivity index (χ1n) is 5.37. The molecule has 2 aromatic heterocycles. The molecule has 2 heterocycles. The Morgan fingerprint density at radius 1 is 1.33 bits per heavy atom. The van der Waals surface area contributed by atoms with Crippen molar-refractivity contribution in [3.05, 3.63) is 46.4 Å². The fourth-order valence-electron chi connectivity index (χ4n) is 2.06. The molecule has 3 aromatic rings. The Bertz CT molecular complexity index is 844. The molecule has 0 unspecified atom stereocenters. The molecule has 0 fully saturated rings. The molecule has 18 heavy (non-hydrogen) atoms. The van der Waals surface area contributed by atoms with Crippen LogP contribution in [0.3, 0.4) is 0 Å². The molecule has 0 radical (unpaired) electrons. The van der Waals surface area contributed by atoms with Crippen LogP contribution in [0.5, 0.6) is 0 Å². The quantitative estimate of drug-likeness (QED) is 0.665. The third kappa shape index (κ3) is 1.26. The van der Waals surface area contributed by atoms with E-state index in [0.29, 0.717) is 11.0 Å². The number of rotatable bonds is 1. The van der Waals surface area contributed by atoms with E-state index in [2.05, 4.69) is 5.10 Å². The van der Waals surface area contributed by atoms with Crippen LogP contribution in [0.4, 0.5) is 0 Å². The Morgan fingerprint density at radius 3 is 2.78 bits per heavy atom. The van der Waals surface area contributed by atoms with Crippen LogP contribution in [0.1, 0.15) is 10.5 Å². The summed E-state index contributed by atoms with van der Waals surface area (Å²) in [5.41, 5.74) is 6.32. The second-order valence-corrected chi connectivity index (χ2v) is 4.05. The van der Waals surface area contributed by atoms with Crippen molar-refractivity contribution in [2.75, 3.05) is 0 Å². The van der Waals surface area contributed by atoms with E-state index in [-0.39, 0.29) is 11.3 Å². The zero-order valence-corrected chi connectivity index (χ0v) is 9.62. The number of nitrogens with zero attached hydrogens (tertiary/aromatic N) is 3. The normalized spacial score (nSPS) is 11.2. The van der Waals surface area contributed by atoms with Gasteiger partial charge in [-0.05, 0) is 12.1 Å². The number of benzene rings is 1. The number of para-hydroxylation sites is 1. The van der Waals surface area contributed by atoms with E-state index in [1.807, 2.05) is 19.2 Å². The van der Waals surface area contributed by atoms with E-state index in [1.165, 1.54) is 10.6 Å². The molecule has 2 N–H and O–H groups in total. The molecule has 0 saturated carbocycles. The Kier molecular flexibility index (Phi) is 2.00. The SMILES string of the molecule is Cn1c2ccccc2c(=O)n2nc(C(N)=O)cc12. The minimum absolute atomic E-state index is 0.0815. The highest BCUT2D eigenvalue weighted by atomic mass is 16.1. The maximum absolute atomic E-state index is 12.2. The van der Waals surface area contributed by atoms with Crippen molar-refractivity contribution in [2.24, 2.45) is 12.8 Å². The van der Waals surface area contributed by atoms with Gasteiger partial charge in [-0.1, -0.05) is 12.1 Å². The first-order valence-corrected chi connectivity index (χ1v) is 5.37. The Morgan fingerprint density at radius 2 is 2.06 bits per heavy atom. The van der Waals surface area contributed by atoms with Gasteiger partial charge in [-0.25, -0.2) is 0 Å². The minimum atomic E-state index is -0.651. The third-order valence-electron chi connectivity index (χ3n) is 2.97. The number of nitrogens with two attached hydrogens (primary N) is 1. The first-order chi connectivity index (χ1) is 8.59. The number of hydrogen-bond acceptors (Lipinski definition) is 3. The lowest BCUT2D eigenvalue weighted by molar-refractivity contribution is 0.0995. The van der Waals surface area contributed by atoms with Crippen molar-refractivity contribution in [1.82, 2.24) is 14.2 Å². The van der Waals surface area contributed by atoms with Gasteiger partial charge in [-0.3, -0.25) is 9.59 Å². The summed E-state index contributed by atoms with van der Waals surface area (Å²) in [6.45, 7) is 0. The molecule has 0 aliphatic heterocycles. The van der Waals surface area contributed by atoms with Gasteiger partial charge in [0.1, 0.15) is 5.65 Å². The molecule has 0 bridgehead atoms. The fourth-order valence-corrected chi connectivity index (χ4v) is 2.06. The Hall–Kier alpha value is -2.63. The monoisotopic (exact) mass is 242 g/mol. The summed E-state index contributed by atoms with van der Waals surface area (Å²) in [6.07, 6.45) is 0. The van der Waals surface area contributed by atoms with Crippen molar-refractivity contribution >= 4 is 22.5 Å². The van der Waals surface area contributed by atoms with E-state index >= 15 is 0 Å². The largest absolute Gasteiger partial charge is 0.364 e. The van der Waals surface area contributed by atoms with Gasteiger partial charge in [-0.15, -0.1) is 0 Å². The molecule has 1 amide bonds. The molecule has 0 atom stereocenters. The lowest BCUT2D eigenvalue weighted by Crippen LogP contribution is -2.19. The summed E-state index contributed by atoms with van der Waals surface area (Å²) in [7, 11) is 1.81. The van der Waals surface area contributed by atoms with E-state index in [9.17, 15) is 9.59 Å². The summed E-state index contributed by atoms with van der Waals surface area (Å²) in [4.78, 5) is 23.3. The van der Waals surface area contributed by atoms with Crippen LogP contribution in [0.25, 0.3) is 16.6 Å². The molecule has 3 rings (SSSR count). The van der Waals surface area contributed by atoms with E-state index in [1.54, 1.807) is 16.7 Å². The van der Waals surface area contributed by atoms with Crippen molar-refractivity contribution in [3.8, 4) is 0 Å². The molecular formula is C12H10N4O2. The van der Waals surface area contributed by atoms with E-state index < -0.39 is 5.91 Å². The van der Waals surface area contributed by atoms with Gasteiger partial charge in [0.05, 0.1) is 10.9 Å². The number of aryl methyl sites for hydroxylation is 1. The maximum atomic E-state index is 12.2. The van der Waals surface area contributed by atoms with Crippen LogP contribution in [0.2, 0.25) is 0 Å². The molecule has 0 spiro atoms. The summed E-state index contributed by atoms with van der Waals surface area (Å²) >= 11 is 0. The number of fused-ring (bicyclic) bond motifs is 2. The minimum Gasteiger partial charge on any atom is -0.364 e. The Labute approximate surface area is 101 Å². The topological polar surface area (TPSA) is 82.4 Å². The summed E-state index contributed by atoms with van der Waals surface area (Å²) in [6, 6.07) is 8.71. The molecule has 0 aliphatic rings. The van der Waals surface area contributed by atoms with Crippen LogP contribution >= 0.6 is 0 Å². The van der Waals surface area contributed by atoms with Crippen LogP contribution in [-0.2, 0) is 7.05 Å². The predicted molar refractivity (Wildman–Crippen MR) is 66.5 cm³/mol. The van der Waals surface area contributed by atoms with Crippen LogP contribution in [-0.4, -0.2) is 20.1 Å². The van der Waals surface area contributed by atoms with Gasteiger partial charge in [0.25, 0.3) is 11.5 Å². The summed E-state index contributed by atoms with van der Waals surface area (Å²) < 4.78 is 3.00. The number of carbonyl (C=O) groups excluding carboxylic acids is 1. The second kappa shape index (κ2) is 3.43. The zero-order valence-electron chi connectivity index (χ0n) is 9.62. The molecule has 6 nitrogen and oxygen atoms in total. The Balaban J connectivity index is 2.59. The predicted octanol–water partition coefficient (Wildman–Crippen LogP) is 0.285. The maximum Gasteiger partial charge on any atom is 0.282 e. The van der Waals surface area contributed by atoms with Gasteiger partial charge >= 0.3 is 0 Å². The number of amides is 1. The molecule has 0 saturated heterocycles. The number of aromatic nitrogens is 3. The van der Waals surface area contributed by atoms with Crippen LogP contribution in [0, 0.1) is 0 Å². The van der Waals surface area contributed by atoms with Crippen LogP contribution in [0.15, 0.2) is 35.1 Å². The highest BCUT2D eigenvalue weighted by Gasteiger charge is 2.13. The average molecular weight is 242 g/mol.